The first-order chi connectivity index (χ1) is 11.6. The van der Waals surface area contributed by atoms with E-state index in [9.17, 15) is 9.59 Å². The second kappa shape index (κ2) is 9.77. The molecule has 1 aliphatic rings. The van der Waals surface area contributed by atoms with Gasteiger partial charge in [-0.1, -0.05) is 30.3 Å². The molecule has 1 aromatic carbocycles. The quantitative estimate of drug-likeness (QED) is 0.710. The molecule has 0 aliphatic carbocycles. The van der Waals surface area contributed by atoms with Crippen molar-refractivity contribution in [2.45, 2.75) is 31.9 Å². The highest BCUT2D eigenvalue weighted by molar-refractivity contribution is 5.68. The lowest BCUT2D eigenvalue weighted by Gasteiger charge is -2.26. The maximum atomic E-state index is 11.8. The standard InChI is InChI=1S/C17H24N2O5/c20-16(21)19-15(9-14-7-4-8-23-11-14)10-18-17(22)24-12-13-5-2-1-3-6-13/h1-3,5-6,14-15,19H,4,7-12H2,(H,18,22)(H,20,21)/t14-,15-/m1/s1. The van der Waals surface area contributed by atoms with E-state index in [0.29, 0.717) is 18.9 Å². The minimum atomic E-state index is -1.10. The van der Waals surface area contributed by atoms with Crippen LogP contribution in [0, 0.1) is 5.92 Å². The number of nitrogens with one attached hydrogen (secondary N) is 2. The summed E-state index contributed by atoms with van der Waals surface area (Å²) in [5.74, 6) is 0.303. The van der Waals surface area contributed by atoms with Gasteiger partial charge in [-0.3, -0.25) is 0 Å². The maximum absolute atomic E-state index is 11.8. The first-order valence-corrected chi connectivity index (χ1v) is 8.15. The smallest absolute Gasteiger partial charge is 0.407 e. The molecule has 0 aromatic heterocycles. The van der Waals surface area contributed by atoms with Gasteiger partial charge in [-0.05, 0) is 30.7 Å². The zero-order valence-corrected chi connectivity index (χ0v) is 13.6. The Morgan fingerprint density at radius 2 is 2.12 bits per heavy atom. The van der Waals surface area contributed by atoms with Crippen LogP contribution in [-0.4, -0.2) is 43.1 Å². The van der Waals surface area contributed by atoms with Gasteiger partial charge in [0.05, 0.1) is 0 Å². The number of carbonyl (C=O) groups excluding carboxylic acids is 1. The number of carbonyl (C=O) groups is 2. The second-order valence-corrected chi connectivity index (χ2v) is 5.91. The van der Waals surface area contributed by atoms with Gasteiger partial charge in [0.2, 0.25) is 0 Å². The van der Waals surface area contributed by atoms with Crippen LogP contribution in [0.5, 0.6) is 0 Å². The summed E-state index contributed by atoms with van der Waals surface area (Å²) < 4.78 is 10.5. The predicted molar refractivity (Wildman–Crippen MR) is 87.7 cm³/mol. The van der Waals surface area contributed by atoms with Crippen molar-refractivity contribution in [1.82, 2.24) is 10.6 Å². The van der Waals surface area contributed by atoms with Gasteiger partial charge in [0, 0.05) is 25.8 Å². The van der Waals surface area contributed by atoms with Crippen molar-refractivity contribution in [2.24, 2.45) is 5.92 Å². The molecule has 24 heavy (non-hydrogen) atoms. The molecule has 1 aliphatic heterocycles. The van der Waals surface area contributed by atoms with Crippen molar-refractivity contribution in [2.75, 3.05) is 19.8 Å². The van der Waals surface area contributed by atoms with Crippen LogP contribution in [-0.2, 0) is 16.1 Å². The molecule has 0 unspecified atom stereocenters. The molecule has 0 bridgehead atoms. The predicted octanol–water partition coefficient (Wildman–Crippen LogP) is 2.37. The zero-order valence-electron chi connectivity index (χ0n) is 13.6. The van der Waals surface area contributed by atoms with E-state index in [1.807, 2.05) is 30.3 Å². The first kappa shape index (κ1) is 18.1. The van der Waals surface area contributed by atoms with Gasteiger partial charge in [-0.15, -0.1) is 0 Å². The fraction of sp³-hybridized carbons (Fsp3) is 0.529. The van der Waals surface area contributed by atoms with Crippen molar-refractivity contribution in [3.63, 3.8) is 0 Å². The van der Waals surface area contributed by atoms with E-state index >= 15 is 0 Å². The molecular weight excluding hydrogens is 312 g/mol. The Morgan fingerprint density at radius 3 is 2.79 bits per heavy atom. The molecular formula is C17H24N2O5. The highest BCUT2D eigenvalue weighted by Gasteiger charge is 2.21. The minimum Gasteiger partial charge on any atom is -0.465 e. The van der Waals surface area contributed by atoms with Gasteiger partial charge >= 0.3 is 12.2 Å². The van der Waals surface area contributed by atoms with Gasteiger partial charge < -0.3 is 25.2 Å². The van der Waals surface area contributed by atoms with Gasteiger partial charge in [-0.25, -0.2) is 9.59 Å². The van der Waals surface area contributed by atoms with Gasteiger partial charge in [0.25, 0.3) is 0 Å². The molecule has 0 saturated carbocycles. The van der Waals surface area contributed by atoms with Crippen molar-refractivity contribution in [3.05, 3.63) is 35.9 Å². The number of carboxylic acid groups (broad SMARTS) is 1. The lowest BCUT2D eigenvalue weighted by Crippen LogP contribution is -2.45. The molecule has 3 N–H and O–H groups in total. The molecule has 0 radical (unpaired) electrons. The number of hydrogen-bond acceptors (Lipinski definition) is 4. The van der Waals surface area contributed by atoms with E-state index in [2.05, 4.69) is 10.6 Å². The summed E-state index contributed by atoms with van der Waals surface area (Å²) in [5.41, 5.74) is 0.896. The van der Waals surface area contributed by atoms with Crippen LogP contribution in [0.15, 0.2) is 30.3 Å². The van der Waals surface area contributed by atoms with Gasteiger partial charge in [0.15, 0.2) is 0 Å². The van der Waals surface area contributed by atoms with E-state index in [0.717, 1.165) is 25.0 Å². The Hall–Kier alpha value is -2.28. The average molecular weight is 336 g/mol. The number of alkyl carbamates (subject to hydrolysis) is 1. The van der Waals surface area contributed by atoms with Crippen molar-refractivity contribution in [1.29, 1.82) is 0 Å². The molecule has 7 nitrogen and oxygen atoms in total. The Labute approximate surface area is 141 Å². The highest BCUT2D eigenvalue weighted by atomic mass is 16.5. The SMILES string of the molecule is O=C(O)N[C@@H](CNC(=O)OCc1ccccc1)C[C@H]1CCCOC1. The summed E-state index contributed by atoms with van der Waals surface area (Å²) >= 11 is 0. The van der Waals surface area contributed by atoms with Crippen LogP contribution >= 0.6 is 0 Å². The van der Waals surface area contributed by atoms with Gasteiger partial charge in [0.1, 0.15) is 6.61 Å². The Bertz CT molecular complexity index is 517. The molecule has 0 spiro atoms. The van der Waals surface area contributed by atoms with E-state index < -0.39 is 12.2 Å². The number of rotatable bonds is 7. The summed E-state index contributed by atoms with van der Waals surface area (Å²) in [6, 6.07) is 9.00. The zero-order chi connectivity index (χ0) is 17.2. The maximum Gasteiger partial charge on any atom is 0.407 e. The lowest BCUT2D eigenvalue weighted by molar-refractivity contribution is 0.0474. The van der Waals surface area contributed by atoms with Crippen LogP contribution in [0.25, 0.3) is 0 Å². The molecule has 1 heterocycles. The fourth-order valence-electron chi connectivity index (χ4n) is 2.74. The van der Waals surface area contributed by atoms with E-state index in [-0.39, 0.29) is 19.2 Å². The fourth-order valence-corrected chi connectivity index (χ4v) is 2.74. The van der Waals surface area contributed by atoms with Crippen LogP contribution in [0.2, 0.25) is 0 Å². The van der Waals surface area contributed by atoms with Crippen molar-refractivity contribution < 1.29 is 24.2 Å². The summed E-state index contributed by atoms with van der Waals surface area (Å²) in [6.07, 6.45) is 0.963. The third kappa shape index (κ3) is 6.87. The molecule has 2 atom stereocenters. The summed E-state index contributed by atoms with van der Waals surface area (Å²) in [6.45, 7) is 1.77. The molecule has 1 fully saturated rings. The topological polar surface area (TPSA) is 96.9 Å². The summed E-state index contributed by atoms with van der Waals surface area (Å²) in [7, 11) is 0. The number of amides is 2. The third-order valence-corrected chi connectivity index (χ3v) is 3.91. The molecule has 2 rings (SSSR count). The largest absolute Gasteiger partial charge is 0.465 e. The van der Waals surface area contributed by atoms with Crippen molar-refractivity contribution >= 4 is 12.2 Å². The number of ether oxygens (including phenoxy) is 2. The van der Waals surface area contributed by atoms with Crippen LogP contribution in [0.4, 0.5) is 9.59 Å². The monoisotopic (exact) mass is 336 g/mol. The Balaban J connectivity index is 1.73. The lowest BCUT2D eigenvalue weighted by atomic mass is 9.94. The second-order valence-electron chi connectivity index (χ2n) is 5.91. The van der Waals surface area contributed by atoms with Crippen LogP contribution in [0.3, 0.4) is 0 Å². The number of hydrogen-bond donors (Lipinski definition) is 3. The van der Waals surface area contributed by atoms with Crippen LogP contribution in [0.1, 0.15) is 24.8 Å². The van der Waals surface area contributed by atoms with Crippen molar-refractivity contribution in [3.8, 4) is 0 Å². The Kier molecular flexibility index (Phi) is 7.35. The Morgan fingerprint density at radius 1 is 1.33 bits per heavy atom. The van der Waals surface area contributed by atoms with Gasteiger partial charge in [-0.2, -0.15) is 0 Å². The minimum absolute atomic E-state index is 0.181. The highest BCUT2D eigenvalue weighted by Crippen LogP contribution is 2.18. The molecule has 2 amide bonds. The van der Waals surface area contributed by atoms with E-state index in [1.165, 1.54) is 0 Å². The first-order valence-electron chi connectivity index (χ1n) is 8.15. The molecule has 7 heteroatoms. The third-order valence-electron chi connectivity index (χ3n) is 3.91. The molecule has 132 valence electrons. The molecule has 1 saturated heterocycles. The molecule has 1 aromatic rings. The average Bonchev–Trinajstić information content (AvgIpc) is 2.59. The number of benzene rings is 1. The summed E-state index contributed by atoms with van der Waals surface area (Å²) in [5, 5.41) is 14.0. The van der Waals surface area contributed by atoms with E-state index in [4.69, 9.17) is 14.6 Å². The van der Waals surface area contributed by atoms with Crippen LogP contribution < -0.4 is 10.6 Å². The normalized spacial score (nSPS) is 18.4. The summed E-state index contributed by atoms with van der Waals surface area (Å²) in [4.78, 5) is 22.7. The van der Waals surface area contributed by atoms with E-state index in [1.54, 1.807) is 0 Å².